The zero-order valence-corrected chi connectivity index (χ0v) is 15.6. The van der Waals surface area contributed by atoms with Crippen LogP contribution in [0.3, 0.4) is 0 Å². The van der Waals surface area contributed by atoms with Gasteiger partial charge in [0.25, 0.3) is 5.91 Å². The molecule has 0 bridgehead atoms. The molecule has 7 nitrogen and oxygen atoms in total. The number of fused-ring (bicyclic) bond motifs is 1. The van der Waals surface area contributed by atoms with Gasteiger partial charge in [-0.05, 0) is 30.2 Å². The Morgan fingerprint density at radius 3 is 2.78 bits per heavy atom. The van der Waals surface area contributed by atoms with Crippen LogP contribution in [0.5, 0.6) is 5.75 Å². The lowest BCUT2D eigenvalue weighted by atomic mass is 10.1. The number of carbonyl (C=O) groups excluding carboxylic acids is 1. The summed E-state index contributed by atoms with van der Waals surface area (Å²) in [4.78, 5) is 36.2. The maximum atomic E-state index is 12.7. The van der Waals surface area contributed by atoms with Crippen LogP contribution in [0.1, 0.15) is 18.4 Å². The lowest BCUT2D eigenvalue weighted by Gasteiger charge is -2.22. The van der Waals surface area contributed by atoms with Gasteiger partial charge >= 0.3 is 11.9 Å². The number of thiocarbonyl (C=S) groups is 1. The SMILES string of the molecule is O=C(O)CCC(C(=O)O)N1C(=O)/C(=C\C2=Cc3ccccc3OC2)SC1=S. The standard InChI is InChI=1S/C18H15NO6S2/c20-15(21)6-5-12(17(23)24)19-16(22)14(27-18(19)26)8-10-7-11-3-1-2-4-13(11)25-9-10/h1-4,7-8,12H,5-6,9H2,(H,20,21)(H,23,24)/b14-8+. The molecule has 1 saturated heterocycles. The van der Waals surface area contributed by atoms with Crippen molar-refractivity contribution in [1.82, 2.24) is 4.90 Å². The molecule has 0 aromatic heterocycles. The second kappa shape index (κ2) is 7.93. The van der Waals surface area contributed by atoms with E-state index in [0.29, 0.717) is 0 Å². The third-order valence-corrected chi connectivity index (χ3v) is 5.35. The molecule has 2 aliphatic rings. The molecule has 1 amide bonds. The average molecular weight is 405 g/mol. The van der Waals surface area contributed by atoms with Crippen molar-refractivity contribution in [2.24, 2.45) is 0 Å². The maximum absolute atomic E-state index is 12.7. The van der Waals surface area contributed by atoms with Gasteiger partial charge in [0.05, 0.1) is 4.91 Å². The Balaban J connectivity index is 1.83. The minimum Gasteiger partial charge on any atom is -0.488 e. The van der Waals surface area contributed by atoms with Gasteiger partial charge in [0.2, 0.25) is 0 Å². The molecule has 1 aromatic carbocycles. The van der Waals surface area contributed by atoms with E-state index in [4.69, 9.17) is 22.1 Å². The first-order chi connectivity index (χ1) is 12.9. The van der Waals surface area contributed by atoms with Crippen molar-refractivity contribution in [3.05, 3.63) is 46.4 Å². The fraction of sp³-hybridized carbons (Fsp3) is 0.222. The van der Waals surface area contributed by atoms with Crippen molar-refractivity contribution in [2.75, 3.05) is 6.61 Å². The highest BCUT2D eigenvalue weighted by Crippen LogP contribution is 2.35. The summed E-state index contributed by atoms with van der Waals surface area (Å²) in [7, 11) is 0. The first-order valence-corrected chi connectivity index (χ1v) is 9.23. The van der Waals surface area contributed by atoms with E-state index in [1.165, 1.54) is 0 Å². The zero-order chi connectivity index (χ0) is 19.6. The van der Waals surface area contributed by atoms with Crippen LogP contribution in [-0.4, -0.2) is 49.9 Å². The minimum atomic E-state index is -1.31. The summed E-state index contributed by atoms with van der Waals surface area (Å²) in [5, 5.41) is 18.2. The van der Waals surface area contributed by atoms with Gasteiger partial charge in [-0.15, -0.1) is 0 Å². The molecule has 0 radical (unpaired) electrons. The van der Waals surface area contributed by atoms with Crippen molar-refractivity contribution >= 4 is 52.2 Å². The van der Waals surface area contributed by atoms with E-state index < -0.39 is 23.9 Å². The van der Waals surface area contributed by atoms with Gasteiger partial charge in [0, 0.05) is 12.0 Å². The monoisotopic (exact) mass is 405 g/mol. The number of carboxylic acid groups (broad SMARTS) is 2. The van der Waals surface area contributed by atoms with Gasteiger partial charge in [-0.1, -0.05) is 42.2 Å². The Kier molecular flexibility index (Phi) is 5.62. The van der Waals surface area contributed by atoms with E-state index in [1.807, 2.05) is 30.3 Å². The lowest BCUT2D eigenvalue weighted by molar-refractivity contribution is -0.146. The molecule has 2 heterocycles. The molecule has 3 rings (SSSR count). The average Bonchev–Trinajstić information content (AvgIpc) is 2.89. The summed E-state index contributed by atoms with van der Waals surface area (Å²) in [6, 6.07) is 6.17. The number of thioether (sulfide) groups is 1. The maximum Gasteiger partial charge on any atom is 0.326 e. The predicted molar refractivity (Wildman–Crippen MR) is 103 cm³/mol. The Labute approximate surface area is 164 Å². The van der Waals surface area contributed by atoms with Crippen molar-refractivity contribution in [3.63, 3.8) is 0 Å². The number of rotatable bonds is 6. The van der Waals surface area contributed by atoms with Crippen LogP contribution in [0.2, 0.25) is 0 Å². The Bertz CT molecular complexity index is 892. The van der Waals surface area contributed by atoms with E-state index in [9.17, 15) is 19.5 Å². The van der Waals surface area contributed by atoms with Gasteiger partial charge in [-0.2, -0.15) is 0 Å². The fourth-order valence-electron chi connectivity index (χ4n) is 2.76. The zero-order valence-electron chi connectivity index (χ0n) is 14.0. The molecule has 1 unspecified atom stereocenters. The van der Waals surface area contributed by atoms with Crippen molar-refractivity contribution < 1.29 is 29.3 Å². The summed E-state index contributed by atoms with van der Waals surface area (Å²) in [6.07, 6.45) is 2.93. The molecule has 1 aromatic rings. The molecular weight excluding hydrogens is 390 g/mol. The van der Waals surface area contributed by atoms with Crippen LogP contribution in [0.4, 0.5) is 0 Å². The van der Waals surface area contributed by atoms with Crippen molar-refractivity contribution in [2.45, 2.75) is 18.9 Å². The van der Waals surface area contributed by atoms with Gasteiger partial charge in [-0.25, -0.2) is 4.79 Å². The highest BCUT2D eigenvalue weighted by Gasteiger charge is 2.40. The quantitative estimate of drug-likeness (QED) is 0.550. The second-order valence-electron chi connectivity index (χ2n) is 5.88. The third-order valence-electron chi connectivity index (χ3n) is 4.02. The smallest absolute Gasteiger partial charge is 0.326 e. The number of carbonyl (C=O) groups is 3. The van der Waals surface area contributed by atoms with Gasteiger partial charge in [-0.3, -0.25) is 14.5 Å². The number of amides is 1. The number of carboxylic acids is 2. The van der Waals surface area contributed by atoms with Crippen LogP contribution in [-0.2, 0) is 14.4 Å². The lowest BCUT2D eigenvalue weighted by Crippen LogP contribution is -2.44. The number of benzene rings is 1. The van der Waals surface area contributed by atoms with E-state index in [0.717, 1.165) is 33.5 Å². The first kappa shape index (κ1) is 19.1. The topological polar surface area (TPSA) is 104 Å². The summed E-state index contributed by atoms with van der Waals surface area (Å²) in [5.74, 6) is -2.21. The van der Waals surface area contributed by atoms with E-state index in [-0.39, 0.29) is 28.7 Å². The molecule has 0 aliphatic carbocycles. The number of ether oxygens (including phenoxy) is 1. The van der Waals surface area contributed by atoms with E-state index >= 15 is 0 Å². The number of para-hydroxylation sites is 1. The van der Waals surface area contributed by atoms with Crippen molar-refractivity contribution in [1.29, 1.82) is 0 Å². The highest BCUT2D eigenvalue weighted by molar-refractivity contribution is 8.26. The second-order valence-corrected chi connectivity index (χ2v) is 7.56. The number of hydrogen-bond acceptors (Lipinski definition) is 6. The molecule has 0 spiro atoms. The minimum absolute atomic E-state index is 0.0989. The van der Waals surface area contributed by atoms with Gasteiger partial charge in [0.1, 0.15) is 22.7 Å². The van der Waals surface area contributed by atoms with Crippen LogP contribution in [0.25, 0.3) is 6.08 Å². The predicted octanol–water partition coefficient (Wildman–Crippen LogP) is 2.52. The summed E-state index contributed by atoms with van der Waals surface area (Å²) >= 11 is 6.16. The van der Waals surface area contributed by atoms with Gasteiger partial charge in [0.15, 0.2) is 0 Å². The highest BCUT2D eigenvalue weighted by atomic mass is 32.2. The summed E-state index contributed by atoms with van der Waals surface area (Å²) in [6.45, 7) is 0.280. The van der Waals surface area contributed by atoms with Crippen LogP contribution in [0, 0.1) is 0 Å². The normalized spacial score (nSPS) is 18.7. The molecule has 140 valence electrons. The Hall–Kier alpha value is -2.65. The van der Waals surface area contributed by atoms with Crippen LogP contribution >= 0.6 is 24.0 Å². The van der Waals surface area contributed by atoms with Gasteiger partial charge < -0.3 is 14.9 Å². The van der Waals surface area contributed by atoms with Crippen molar-refractivity contribution in [3.8, 4) is 5.75 Å². The molecular formula is C18H15NO6S2. The molecule has 0 saturated carbocycles. The third kappa shape index (κ3) is 4.20. The molecule has 27 heavy (non-hydrogen) atoms. The Morgan fingerprint density at radius 1 is 1.33 bits per heavy atom. The molecule has 1 fully saturated rings. The first-order valence-electron chi connectivity index (χ1n) is 8.01. The number of hydrogen-bond donors (Lipinski definition) is 2. The molecule has 2 aliphatic heterocycles. The van der Waals surface area contributed by atoms with E-state index in [1.54, 1.807) is 6.08 Å². The molecule has 9 heteroatoms. The molecule has 1 atom stereocenters. The van der Waals surface area contributed by atoms with Crippen LogP contribution < -0.4 is 4.74 Å². The van der Waals surface area contributed by atoms with Crippen LogP contribution in [0.15, 0.2) is 40.8 Å². The number of aliphatic carboxylic acids is 2. The molecule has 2 N–H and O–H groups in total. The van der Waals surface area contributed by atoms with E-state index in [2.05, 4.69) is 0 Å². The largest absolute Gasteiger partial charge is 0.488 e. The summed E-state index contributed by atoms with van der Waals surface area (Å²) in [5.41, 5.74) is 1.64. The summed E-state index contributed by atoms with van der Waals surface area (Å²) < 4.78 is 5.75. The Morgan fingerprint density at radius 2 is 2.07 bits per heavy atom. The fourth-order valence-corrected chi connectivity index (χ4v) is 4.13. The number of nitrogens with zero attached hydrogens (tertiary/aromatic N) is 1.